The third-order valence-corrected chi connectivity index (χ3v) is 2.30. The Hall–Kier alpha value is -2.31. The first-order valence-electron chi connectivity index (χ1n) is 5.05. The van der Waals surface area contributed by atoms with Crippen molar-refractivity contribution < 1.29 is 9.21 Å². The van der Waals surface area contributed by atoms with E-state index in [0.717, 1.165) is 0 Å². The summed E-state index contributed by atoms with van der Waals surface area (Å²) in [7, 11) is 1.67. The van der Waals surface area contributed by atoms with Gasteiger partial charge in [0.25, 0.3) is 5.91 Å². The number of oxazole rings is 1. The molecule has 0 aliphatic rings. The van der Waals surface area contributed by atoms with Crippen molar-refractivity contribution in [2.24, 2.45) is 7.05 Å². The van der Waals surface area contributed by atoms with Gasteiger partial charge < -0.3 is 15.5 Å². The molecule has 0 radical (unpaired) electrons. The number of hydrogen-bond acceptors (Lipinski definition) is 5. The third kappa shape index (κ3) is 2.27. The largest absolute Gasteiger partial charge is 0.444 e. The van der Waals surface area contributed by atoms with Gasteiger partial charge in [-0.1, -0.05) is 0 Å². The number of rotatable bonds is 3. The number of carbonyl (C=O) groups excluding carboxylic acids is 1. The number of anilines is 1. The molecule has 0 atom stereocenters. The molecule has 2 heterocycles. The van der Waals surface area contributed by atoms with Crippen LogP contribution in [0.3, 0.4) is 0 Å². The van der Waals surface area contributed by atoms with E-state index in [0.29, 0.717) is 23.0 Å². The summed E-state index contributed by atoms with van der Waals surface area (Å²) in [5.74, 6) is 1.19. The molecule has 0 aliphatic carbocycles. The molecule has 0 aromatic carbocycles. The smallest absolute Gasteiger partial charge is 0.257 e. The van der Waals surface area contributed by atoms with Crippen molar-refractivity contribution in [3.8, 4) is 0 Å². The minimum Gasteiger partial charge on any atom is -0.444 e. The van der Waals surface area contributed by atoms with E-state index in [1.54, 1.807) is 20.2 Å². The lowest BCUT2D eigenvalue weighted by molar-refractivity contribution is 0.0948. The Labute approximate surface area is 97.6 Å². The van der Waals surface area contributed by atoms with E-state index in [1.807, 2.05) is 0 Å². The highest BCUT2D eigenvalue weighted by atomic mass is 16.4. The van der Waals surface area contributed by atoms with E-state index in [9.17, 15) is 4.79 Å². The molecular weight excluding hydrogens is 222 g/mol. The Morgan fingerprint density at radius 2 is 2.35 bits per heavy atom. The molecule has 0 saturated carbocycles. The molecule has 0 fully saturated rings. The van der Waals surface area contributed by atoms with Gasteiger partial charge in [-0.15, -0.1) is 0 Å². The molecular formula is C10H13N5O2. The lowest BCUT2D eigenvalue weighted by Crippen LogP contribution is -2.23. The van der Waals surface area contributed by atoms with Gasteiger partial charge in [-0.05, 0) is 6.92 Å². The molecule has 7 heteroatoms. The predicted molar refractivity (Wildman–Crippen MR) is 60.0 cm³/mol. The van der Waals surface area contributed by atoms with Crippen LogP contribution in [0.15, 0.2) is 16.8 Å². The summed E-state index contributed by atoms with van der Waals surface area (Å²) in [6, 6.07) is 0. The lowest BCUT2D eigenvalue weighted by Gasteiger charge is -2.01. The Bertz CT molecular complexity index is 543. The number of aromatic nitrogens is 3. The summed E-state index contributed by atoms with van der Waals surface area (Å²) < 4.78 is 6.66. The van der Waals surface area contributed by atoms with Crippen LogP contribution in [0.2, 0.25) is 0 Å². The fourth-order valence-corrected chi connectivity index (χ4v) is 1.36. The van der Waals surface area contributed by atoms with Crippen molar-refractivity contribution in [2.45, 2.75) is 13.5 Å². The summed E-state index contributed by atoms with van der Waals surface area (Å²) in [5, 5.41) is 6.54. The minimum atomic E-state index is -0.300. The van der Waals surface area contributed by atoms with Gasteiger partial charge in [0.05, 0.1) is 18.9 Å². The summed E-state index contributed by atoms with van der Waals surface area (Å²) in [5.41, 5.74) is 6.02. The number of aryl methyl sites for hydroxylation is 2. The second-order valence-corrected chi connectivity index (χ2v) is 3.61. The van der Waals surface area contributed by atoms with E-state index in [4.69, 9.17) is 10.2 Å². The topological polar surface area (TPSA) is 99.0 Å². The molecule has 0 aliphatic heterocycles. The SMILES string of the molecule is Cc1cnc(CNC(=O)c2cnn(C)c2N)o1. The standard InChI is InChI=1S/C10H13N5O2/c1-6-3-12-8(17-6)5-13-10(16)7-4-14-15(2)9(7)11/h3-4H,5,11H2,1-2H3,(H,13,16). The van der Waals surface area contributed by atoms with Crippen molar-refractivity contribution in [2.75, 3.05) is 5.73 Å². The van der Waals surface area contributed by atoms with Crippen molar-refractivity contribution in [3.63, 3.8) is 0 Å². The average molecular weight is 235 g/mol. The highest BCUT2D eigenvalue weighted by Gasteiger charge is 2.13. The highest BCUT2D eigenvalue weighted by molar-refractivity contribution is 5.98. The third-order valence-electron chi connectivity index (χ3n) is 2.30. The normalized spacial score (nSPS) is 10.5. The maximum atomic E-state index is 11.7. The number of nitrogens with one attached hydrogen (secondary N) is 1. The number of nitrogen functional groups attached to an aromatic ring is 1. The Balaban J connectivity index is 2.00. The second kappa shape index (κ2) is 4.28. The van der Waals surface area contributed by atoms with Gasteiger partial charge in [-0.2, -0.15) is 5.10 Å². The van der Waals surface area contributed by atoms with Gasteiger partial charge in [-0.3, -0.25) is 9.48 Å². The average Bonchev–Trinajstić information content (AvgIpc) is 2.84. The zero-order valence-corrected chi connectivity index (χ0v) is 9.60. The van der Waals surface area contributed by atoms with Gasteiger partial charge in [-0.25, -0.2) is 4.98 Å². The van der Waals surface area contributed by atoms with Crippen molar-refractivity contribution in [3.05, 3.63) is 29.6 Å². The van der Waals surface area contributed by atoms with E-state index >= 15 is 0 Å². The summed E-state index contributed by atoms with van der Waals surface area (Å²) in [6.45, 7) is 2.01. The molecule has 2 rings (SSSR count). The van der Waals surface area contributed by atoms with Crippen molar-refractivity contribution >= 4 is 11.7 Å². The van der Waals surface area contributed by atoms with Crippen LogP contribution in [0.4, 0.5) is 5.82 Å². The quantitative estimate of drug-likeness (QED) is 0.793. The number of nitrogens with zero attached hydrogens (tertiary/aromatic N) is 3. The van der Waals surface area contributed by atoms with Crippen LogP contribution < -0.4 is 11.1 Å². The lowest BCUT2D eigenvalue weighted by atomic mass is 10.3. The summed E-state index contributed by atoms with van der Waals surface area (Å²) in [6.07, 6.45) is 3.02. The molecule has 2 aromatic heterocycles. The molecule has 90 valence electrons. The first kappa shape index (κ1) is 11.2. The first-order chi connectivity index (χ1) is 8.08. The molecule has 0 saturated heterocycles. The van der Waals surface area contributed by atoms with Gasteiger partial charge >= 0.3 is 0 Å². The minimum absolute atomic E-state index is 0.223. The van der Waals surface area contributed by atoms with Crippen LogP contribution in [0.1, 0.15) is 22.0 Å². The monoisotopic (exact) mass is 235 g/mol. The number of hydrogen-bond donors (Lipinski definition) is 2. The second-order valence-electron chi connectivity index (χ2n) is 3.61. The predicted octanol–water partition coefficient (Wildman–Crippen LogP) is 0.229. The zero-order valence-electron chi connectivity index (χ0n) is 9.60. The van der Waals surface area contributed by atoms with E-state index < -0.39 is 0 Å². The highest BCUT2D eigenvalue weighted by Crippen LogP contribution is 2.09. The van der Waals surface area contributed by atoms with Crippen LogP contribution in [-0.2, 0) is 13.6 Å². The van der Waals surface area contributed by atoms with Crippen LogP contribution in [0.5, 0.6) is 0 Å². The van der Waals surface area contributed by atoms with Gasteiger partial charge in [0.2, 0.25) is 5.89 Å². The zero-order chi connectivity index (χ0) is 12.4. The fraction of sp³-hybridized carbons (Fsp3) is 0.300. The molecule has 7 nitrogen and oxygen atoms in total. The number of amides is 1. The summed E-state index contributed by atoms with van der Waals surface area (Å²) in [4.78, 5) is 15.7. The van der Waals surface area contributed by atoms with Gasteiger partial charge in [0.1, 0.15) is 17.1 Å². The Morgan fingerprint density at radius 1 is 1.59 bits per heavy atom. The first-order valence-corrected chi connectivity index (χ1v) is 5.05. The maximum absolute atomic E-state index is 11.7. The Morgan fingerprint density at radius 3 is 2.88 bits per heavy atom. The van der Waals surface area contributed by atoms with Crippen molar-refractivity contribution in [1.82, 2.24) is 20.1 Å². The van der Waals surface area contributed by atoms with Crippen LogP contribution in [0, 0.1) is 6.92 Å². The van der Waals surface area contributed by atoms with E-state index in [1.165, 1.54) is 10.9 Å². The fourth-order valence-electron chi connectivity index (χ4n) is 1.36. The van der Waals surface area contributed by atoms with Crippen LogP contribution in [0.25, 0.3) is 0 Å². The molecule has 17 heavy (non-hydrogen) atoms. The van der Waals surface area contributed by atoms with Crippen LogP contribution >= 0.6 is 0 Å². The molecule has 0 bridgehead atoms. The van der Waals surface area contributed by atoms with E-state index in [2.05, 4.69) is 15.4 Å². The van der Waals surface area contributed by atoms with Gasteiger partial charge in [0, 0.05) is 7.05 Å². The van der Waals surface area contributed by atoms with Gasteiger partial charge in [0.15, 0.2) is 0 Å². The maximum Gasteiger partial charge on any atom is 0.257 e. The summed E-state index contributed by atoms with van der Waals surface area (Å²) >= 11 is 0. The molecule has 1 amide bonds. The molecule has 3 N–H and O–H groups in total. The van der Waals surface area contributed by atoms with Crippen molar-refractivity contribution in [1.29, 1.82) is 0 Å². The Kier molecular flexibility index (Phi) is 2.82. The number of carbonyl (C=O) groups is 1. The van der Waals surface area contributed by atoms with E-state index in [-0.39, 0.29) is 12.5 Å². The molecule has 0 unspecified atom stereocenters. The molecule has 2 aromatic rings. The van der Waals surface area contributed by atoms with Crippen LogP contribution in [-0.4, -0.2) is 20.7 Å². The molecule has 0 spiro atoms. The number of nitrogens with two attached hydrogens (primary N) is 1.